The van der Waals surface area contributed by atoms with Crippen molar-refractivity contribution in [3.63, 3.8) is 0 Å². The lowest BCUT2D eigenvalue weighted by molar-refractivity contribution is 0.549. The summed E-state index contributed by atoms with van der Waals surface area (Å²) in [6.07, 6.45) is 3.95. The van der Waals surface area contributed by atoms with E-state index < -0.39 is 0 Å². The van der Waals surface area contributed by atoms with Gasteiger partial charge in [0.25, 0.3) is 0 Å². The van der Waals surface area contributed by atoms with Crippen LogP contribution in [-0.2, 0) is 0 Å². The molecular weight excluding hydrogens is 400 g/mol. The lowest BCUT2D eigenvalue weighted by Gasteiger charge is -2.29. The molecule has 0 unspecified atom stereocenters. The van der Waals surface area contributed by atoms with Crippen molar-refractivity contribution in [2.24, 2.45) is 0 Å². The van der Waals surface area contributed by atoms with Gasteiger partial charge in [-0.1, -0.05) is 30.3 Å². The highest BCUT2D eigenvalue weighted by Gasteiger charge is 2.42. The van der Waals surface area contributed by atoms with Crippen LogP contribution in [0.3, 0.4) is 0 Å². The molecule has 1 fully saturated rings. The summed E-state index contributed by atoms with van der Waals surface area (Å²) in [4.78, 5) is 6.90. The highest BCUT2D eigenvalue weighted by molar-refractivity contribution is 7.80. The molecule has 5 heteroatoms. The Morgan fingerprint density at radius 2 is 1.58 bits per heavy atom. The zero-order valence-corrected chi connectivity index (χ0v) is 18.4. The van der Waals surface area contributed by atoms with Gasteiger partial charge in [0.2, 0.25) is 0 Å². The van der Waals surface area contributed by atoms with Gasteiger partial charge in [-0.3, -0.25) is 4.98 Å². The maximum atomic E-state index is 5.87. The predicted octanol–water partition coefficient (Wildman–Crippen LogP) is 5.67. The van der Waals surface area contributed by atoms with Gasteiger partial charge in [0.1, 0.15) is 6.04 Å². The van der Waals surface area contributed by atoms with Crippen LogP contribution in [0.15, 0.2) is 91.3 Å². The van der Waals surface area contributed by atoms with Gasteiger partial charge in [-0.2, -0.15) is 0 Å². The SMILES string of the molecule is Cc1cc(C)cc(N2C(=S)N[C@H](c3ccccn3)[C@@H]2c2cccn2-c2ccccc2)c1. The Morgan fingerprint density at radius 3 is 2.29 bits per heavy atom. The Morgan fingerprint density at radius 1 is 0.839 bits per heavy atom. The molecule has 4 nitrogen and oxygen atoms in total. The van der Waals surface area contributed by atoms with Gasteiger partial charge in [0.15, 0.2) is 5.11 Å². The summed E-state index contributed by atoms with van der Waals surface area (Å²) >= 11 is 5.87. The van der Waals surface area contributed by atoms with Gasteiger partial charge >= 0.3 is 0 Å². The Kier molecular flexibility index (Phi) is 5.04. The fourth-order valence-corrected chi connectivity index (χ4v) is 4.83. The van der Waals surface area contributed by atoms with Crippen LogP contribution in [-0.4, -0.2) is 14.7 Å². The van der Waals surface area contributed by atoms with Gasteiger partial charge in [0.05, 0.1) is 11.7 Å². The van der Waals surface area contributed by atoms with Gasteiger partial charge in [-0.15, -0.1) is 0 Å². The van der Waals surface area contributed by atoms with E-state index in [-0.39, 0.29) is 12.1 Å². The molecule has 2 aromatic heterocycles. The number of aromatic nitrogens is 2. The van der Waals surface area contributed by atoms with Crippen LogP contribution in [0.5, 0.6) is 0 Å². The summed E-state index contributed by atoms with van der Waals surface area (Å²) < 4.78 is 2.24. The molecule has 1 aliphatic heterocycles. The average Bonchev–Trinajstić information content (AvgIpc) is 3.38. The highest BCUT2D eigenvalue weighted by atomic mass is 32.1. The van der Waals surface area contributed by atoms with Crippen LogP contribution >= 0.6 is 12.2 Å². The summed E-state index contributed by atoms with van der Waals surface area (Å²) in [5, 5.41) is 4.27. The first-order chi connectivity index (χ1) is 15.1. The Hall–Kier alpha value is -3.44. The number of pyridine rings is 1. The fraction of sp³-hybridized carbons (Fsp3) is 0.154. The predicted molar refractivity (Wildman–Crippen MR) is 130 cm³/mol. The van der Waals surface area contributed by atoms with Crippen molar-refractivity contribution in [1.82, 2.24) is 14.9 Å². The molecular formula is C26H24N4S. The van der Waals surface area contributed by atoms with E-state index in [1.807, 2.05) is 24.4 Å². The van der Waals surface area contributed by atoms with Gasteiger partial charge in [-0.05, 0) is 85.7 Å². The zero-order valence-electron chi connectivity index (χ0n) is 17.6. The molecule has 1 saturated heterocycles. The number of benzene rings is 2. The van der Waals surface area contributed by atoms with E-state index in [4.69, 9.17) is 12.2 Å². The first-order valence-electron chi connectivity index (χ1n) is 10.4. The van der Waals surface area contributed by atoms with Crippen LogP contribution in [0.2, 0.25) is 0 Å². The van der Waals surface area contributed by atoms with Gasteiger partial charge < -0.3 is 14.8 Å². The number of nitrogens with one attached hydrogen (secondary N) is 1. The number of rotatable bonds is 4. The Labute approximate surface area is 188 Å². The van der Waals surface area contributed by atoms with Crippen molar-refractivity contribution in [3.8, 4) is 5.69 Å². The number of hydrogen-bond donors (Lipinski definition) is 1. The second-order valence-corrected chi connectivity index (χ2v) is 8.37. The number of aryl methyl sites for hydroxylation is 2. The molecule has 2 aromatic carbocycles. The molecule has 5 rings (SSSR count). The number of thiocarbonyl (C=S) groups is 1. The third kappa shape index (κ3) is 3.62. The molecule has 0 amide bonds. The number of anilines is 1. The van der Waals surface area contributed by atoms with Crippen LogP contribution in [0, 0.1) is 13.8 Å². The molecule has 3 heterocycles. The summed E-state index contributed by atoms with van der Waals surface area (Å²) in [5.41, 5.74) is 6.79. The Bertz CT molecular complexity index is 1200. The van der Waals surface area contributed by atoms with Crippen molar-refractivity contribution in [2.45, 2.75) is 25.9 Å². The molecule has 0 radical (unpaired) electrons. The van der Waals surface area contributed by atoms with E-state index in [1.165, 1.54) is 11.1 Å². The van der Waals surface area contributed by atoms with Crippen LogP contribution in [0.1, 0.15) is 34.6 Å². The van der Waals surface area contributed by atoms with Crippen molar-refractivity contribution < 1.29 is 0 Å². The standard InChI is InChI=1S/C26H24N4S/c1-18-15-19(2)17-21(16-18)30-25(24(28-26(30)31)22-11-6-7-13-27-22)23-12-8-14-29(23)20-9-4-3-5-10-20/h3-17,24-25H,1-2H3,(H,28,31)/t24-,25+/m1/s1. The molecule has 0 saturated carbocycles. The van der Waals surface area contributed by atoms with Crippen molar-refractivity contribution in [3.05, 3.63) is 114 Å². The van der Waals surface area contributed by atoms with Crippen molar-refractivity contribution >= 4 is 23.0 Å². The molecule has 2 atom stereocenters. The van der Waals surface area contributed by atoms with Crippen molar-refractivity contribution in [1.29, 1.82) is 0 Å². The molecule has 0 bridgehead atoms. The first-order valence-corrected chi connectivity index (χ1v) is 10.8. The molecule has 1 N–H and O–H groups in total. The van der Waals surface area contributed by atoms with Gasteiger partial charge in [0, 0.05) is 29.5 Å². The van der Waals surface area contributed by atoms with Crippen molar-refractivity contribution in [2.75, 3.05) is 4.90 Å². The third-order valence-electron chi connectivity index (χ3n) is 5.70. The maximum Gasteiger partial charge on any atom is 0.174 e. The minimum absolute atomic E-state index is 0.0428. The second-order valence-electron chi connectivity index (χ2n) is 7.98. The van der Waals surface area contributed by atoms with E-state index in [2.05, 4.69) is 100 Å². The summed E-state index contributed by atoms with van der Waals surface area (Å²) in [7, 11) is 0. The average molecular weight is 425 g/mol. The third-order valence-corrected chi connectivity index (χ3v) is 6.01. The molecule has 1 aliphatic rings. The normalized spacial score (nSPS) is 18.3. The van der Waals surface area contributed by atoms with E-state index in [0.717, 1.165) is 22.8 Å². The summed E-state index contributed by atoms with van der Waals surface area (Å²) in [6, 6.07) is 27.2. The maximum absolute atomic E-state index is 5.87. The largest absolute Gasteiger partial charge is 0.351 e. The molecule has 0 spiro atoms. The molecule has 154 valence electrons. The van der Waals surface area contributed by atoms with Crippen LogP contribution in [0.25, 0.3) is 5.69 Å². The molecule has 31 heavy (non-hydrogen) atoms. The first kappa shape index (κ1) is 19.5. The smallest absolute Gasteiger partial charge is 0.174 e. The minimum Gasteiger partial charge on any atom is -0.351 e. The quantitative estimate of drug-likeness (QED) is 0.428. The monoisotopic (exact) mass is 424 g/mol. The van der Waals surface area contributed by atoms with E-state index in [1.54, 1.807) is 0 Å². The van der Waals surface area contributed by atoms with E-state index >= 15 is 0 Å². The van der Waals surface area contributed by atoms with E-state index in [0.29, 0.717) is 5.11 Å². The topological polar surface area (TPSA) is 33.1 Å². The van der Waals surface area contributed by atoms with Crippen LogP contribution < -0.4 is 10.2 Å². The number of hydrogen-bond acceptors (Lipinski definition) is 2. The summed E-state index contributed by atoms with van der Waals surface area (Å²) in [5.74, 6) is 0. The Balaban J connectivity index is 1.69. The highest BCUT2D eigenvalue weighted by Crippen LogP contribution is 2.42. The van der Waals surface area contributed by atoms with Gasteiger partial charge in [-0.25, -0.2) is 0 Å². The second kappa shape index (κ2) is 8.00. The van der Waals surface area contributed by atoms with E-state index in [9.17, 15) is 0 Å². The lowest BCUT2D eigenvalue weighted by Crippen LogP contribution is -2.30. The lowest BCUT2D eigenvalue weighted by atomic mass is 10.00. The fourth-order valence-electron chi connectivity index (χ4n) is 4.48. The zero-order chi connectivity index (χ0) is 21.4. The van der Waals surface area contributed by atoms with Crippen LogP contribution in [0.4, 0.5) is 5.69 Å². The number of nitrogens with zero attached hydrogens (tertiary/aromatic N) is 3. The number of para-hydroxylation sites is 1. The minimum atomic E-state index is -0.0631. The summed E-state index contributed by atoms with van der Waals surface area (Å²) in [6.45, 7) is 4.25. The molecule has 0 aliphatic carbocycles. The molecule has 4 aromatic rings.